The maximum Gasteiger partial charge on any atom is 0.426 e. The lowest BCUT2D eigenvalue weighted by molar-refractivity contribution is -0.142. The number of nitrogens with one attached hydrogen (secondary N) is 2. The van der Waals surface area contributed by atoms with E-state index >= 15 is 0 Å². The van der Waals surface area contributed by atoms with E-state index in [0.29, 0.717) is 25.9 Å². The first-order valence-corrected chi connectivity index (χ1v) is 7.98. The van der Waals surface area contributed by atoms with Crippen LogP contribution in [-0.2, 0) is 14.3 Å². The SMILES string of the molecule is CC(C)(C)OC(=O)NNC(=O)C1CCN(C(=O)C(C)(C)C)CC1. The topological polar surface area (TPSA) is 87.7 Å². The molecule has 0 aromatic rings. The van der Waals surface area contributed by atoms with Crippen LogP contribution in [0.4, 0.5) is 4.79 Å². The largest absolute Gasteiger partial charge is 0.443 e. The Labute approximate surface area is 138 Å². The van der Waals surface area contributed by atoms with Crippen molar-refractivity contribution in [2.45, 2.75) is 60.0 Å². The lowest BCUT2D eigenvalue weighted by Gasteiger charge is -2.35. The quantitative estimate of drug-likeness (QED) is 0.719. The fraction of sp³-hybridized carbons (Fsp3) is 0.812. The summed E-state index contributed by atoms with van der Waals surface area (Å²) in [4.78, 5) is 37.5. The highest BCUT2D eigenvalue weighted by atomic mass is 16.6. The predicted octanol–water partition coefficient (Wildman–Crippen LogP) is 1.83. The molecule has 1 fully saturated rings. The first kappa shape index (κ1) is 19.3. The average molecular weight is 327 g/mol. The van der Waals surface area contributed by atoms with Crippen molar-refractivity contribution < 1.29 is 19.1 Å². The van der Waals surface area contributed by atoms with Gasteiger partial charge in [0.1, 0.15) is 5.60 Å². The van der Waals surface area contributed by atoms with Gasteiger partial charge in [-0.1, -0.05) is 20.8 Å². The van der Waals surface area contributed by atoms with Crippen molar-refractivity contribution in [2.75, 3.05) is 13.1 Å². The molecule has 0 unspecified atom stereocenters. The monoisotopic (exact) mass is 327 g/mol. The third kappa shape index (κ3) is 6.46. The van der Waals surface area contributed by atoms with E-state index in [4.69, 9.17) is 4.74 Å². The van der Waals surface area contributed by atoms with Gasteiger partial charge in [-0.05, 0) is 33.6 Å². The maximum absolute atomic E-state index is 12.2. The van der Waals surface area contributed by atoms with Crippen LogP contribution in [0.25, 0.3) is 0 Å². The molecule has 0 atom stereocenters. The number of amides is 3. The Bertz CT molecular complexity index is 455. The van der Waals surface area contributed by atoms with Crippen LogP contribution in [0.2, 0.25) is 0 Å². The first-order valence-electron chi connectivity index (χ1n) is 7.98. The number of carbonyl (C=O) groups is 3. The van der Waals surface area contributed by atoms with Crippen LogP contribution in [0.5, 0.6) is 0 Å². The van der Waals surface area contributed by atoms with E-state index in [1.165, 1.54) is 0 Å². The Morgan fingerprint density at radius 3 is 1.91 bits per heavy atom. The number of piperidine rings is 1. The van der Waals surface area contributed by atoms with E-state index in [1.807, 2.05) is 20.8 Å². The standard InChI is InChI=1S/C16H29N3O4/c1-15(2,3)13(21)19-9-7-11(8-10-19)12(20)17-18-14(22)23-16(4,5)6/h11H,7-10H2,1-6H3,(H,17,20)(H,18,22). The van der Waals surface area contributed by atoms with E-state index in [0.717, 1.165) is 0 Å². The molecule has 0 aromatic carbocycles. The van der Waals surface area contributed by atoms with Crippen molar-refractivity contribution in [3.8, 4) is 0 Å². The molecular formula is C16H29N3O4. The highest BCUT2D eigenvalue weighted by Gasteiger charge is 2.32. The Morgan fingerprint density at radius 2 is 1.48 bits per heavy atom. The number of hydrazine groups is 1. The van der Waals surface area contributed by atoms with E-state index < -0.39 is 17.1 Å². The van der Waals surface area contributed by atoms with Crippen molar-refractivity contribution in [1.82, 2.24) is 15.8 Å². The highest BCUT2D eigenvalue weighted by Crippen LogP contribution is 2.23. The van der Waals surface area contributed by atoms with Gasteiger partial charge in [-0.2, -0.15) is 0 Å². The molecule has 0 radical (unpaired) electrons. The molecule has 0 saturated carbocycles. The van der Waals surface area contributed by atoms with Crippen LogP contribution in [0.15, 0.2) is 0 Å². The van der Waals surface area contributed by atoms with Crippen molar-refractivity contribution in [3.05, 3.63) is 0 Å². The van der Waals surface area contributed by atoms with Crippen molar-refractivity contribution in [1.29, 1.82) is 0 Å². The van der Waals surface area contributed by atoms with Gasteiger partial charge in [0.05, 0.1) is 0 Å². The molecule has 1 heterocycles. The van der Waals surface area contributed by atoms with Gasteiger partial charge >= 0.3 is 6.09 Å². The fourth-order valence-electron chi connectivity index (χ4n) is 2.34. The Balaban J connectivity index is 2.38. The second-order valence-electron chi connectivity index (χ2n) is 7.93. The van der Waals surface area contributed by atoms with Crippen molar-refractivity contribution >= 4 is 17.9 Å². The minimum Gasteiger partial charge on any atom is -0.443 e. The molecule has 0 aromatic heterocycles. The lowest BCUT2D eigenvalue weighted by atomic mass is 9.91. The number of hydrogen-bond acceptors (Lipinski definition) is 4. The molecule has 7 heteroatoms. The van der Waals surface area contributed by atoms with Crippen molar-refractivity contribution in [3.63, 3.8) is 0 Å². The maximum atomic E-state index is 12.2. The van der Waals surface area contributed by atoms with Gasteiger partial charge in [0.2, 0.25) is 11.8 Å². The fourth-order valence-corrected chi connectivity index (χ4v) is 2.34. The minimum absolute atomic E-state index is 0.100. The third-order valence-corrected chi connectivity index (χ3v) is 3.48. The second-order valence-corrected chi connectivity index (χ2v) is 7.93. The van der Waals surface area contributed by atoms with E-state index in [9.17, 15) is 14.4 Å². The molecule has 2 N–H and O–H groups in total. The highest BCUT2D eigenvalue weighted by molar-refractivity contribution is 5.83. The summed E-state index contributed by atoms with van der Waals surface area (Å²) in [7, 11) is 0. The van der Waals surface area contributed by atoms with Gasteiger partial charge in [0, 0.05) is 24.4 Å². The predicted molar refractivity (Wildman–Crippen MR) is 86.3 cm³/mol. The van der Waals surface area contributed by atoms with E-state index in [2.05, 4.69) is 10.9 Å². The zero-order valence-corrected chi connectivity index (χ0v) is 15.0. The van der Waals surface area contributed by atoms with Crippen LogP contribution >= 0.6 is 0 Å². The lowest BCUT2D eigenvalue weighted by Crippen LogP contribution is -2.50. The molecule has 3 amide bonds. The van der Waals surface area contributed by atoms with Crippen LogP contribution in [0, 0.1) is 11.3 Å². The normalized spacial score (nSPS) is 16.7. The van der Waals surface area contributed by atoms with Gasteiger partial charge in [-0.3, -0.25) is 15.0 Å². The Morgan fingerprint density at radius 1 is 0.957 bits per heavy atom. The first-order chi connectivity index (χ1) is 10.4. The summed E-state index contributed by atoms with van der Waals surface area (Å²) >= 11 is 0. The van der Waals surface area contributed by atoms with Crippen LogP contribution in [-0.4, -0.2) is 41.5 Å². The molecule has 1 aliphatic heterocycles. The number of likely N-dealkylation sites (tertiary alicyclic amines) is 1. The van der Waals surface area contributed by atoms with E-state index in [-0.39, 0.29) is 17.7 Å². The molecule has 0 bridgehead atoms. The summed E-state index contributed by atoms with van der Waals surface area (Å²) in [6.45, 7) is 12.0. The minimum atomic E-state index is -0.689. The summed E-state index contributed by atoms with van der Waals surface area (Å²) in [6, 6.07) is 0. The average Bonchev–Trinajstić information content (AvgIpc) is 2.41. The number of ether oxygens (including phenoxy) is 1. The Kier molecular flexibility index (Phi) is 6.02. The van der Waals surface area contributed by atoms with E-state index in [1.54, 1.807) is 25.7 Å². The number of rotatable bonds is 1. The van der Waals surface area contributed by atoms with Crippen LogP contribution in [0.3, 0.4) is 0 Å². The molecule has 23 heavy (non-hydrogen) atoms. The molecule has 7 nitrogen and oxygen atoms in total. The molecule has 1 rings (SSSR count). The third-order valence-electron chi connectivity index (χ3n) is 3.48. The zero-order chi connectivity index (χ0) is 17.8. The number of nitrogens with zero attached hydrogens (tertiary/aromatic N) is 1. The number of carbonyl (C=O) groups excluding carboxylic acids is 3. The molecule has 1 aliphatic rings. The second kappa shape index (κ2) is 7.19. The molecule has 1 saturated heterocycles. The van der Waals surface area contributed by atoms with Crippen LogP contribution in [0.1, 0.15) is 54.4 Å². The van der Waals surface area contributed by atoms with Gasteiger partial charge in [-0.25, -0.2) is 10.2 Å². The summed E-state index contributed by atoms with van der Waals surface area (Å²) in [5.41, 5.74) is 3.61. The summed E-state index contributed by atoms with van der Waals surface area (Å²) in [5, 5.41) is 0. The smallest absolute Gasteiger partial charge is 0.426 e. The molecular weight excluding hydrogens is 298 g/mol. The zero-order valence-electron chi connectivity index (χ0n) is 15.0. The molecule has 0 aliphatic carbocycles. The van der Waals surface area contributed by atoms with Gasteiger partial charge in [-0.15, -0.1) is 0 Å². The van der Waals surface area contributed by atoms with Gasteiger partial charge < -0.3 is 9.64 Å². The van der Waals surface area contributed by atoms with Crippen molar-refractivity contribution in [2.24, 2.45) is 11.3 Å². The summed E-state index contributed by atoms with van der Waals surface area (Å²) < 4.78 is 5.04. The van der Waals surface area contributed by atoms with Crippen LogP contribution < -0.4 is 10.9 Å². The molecule has 0 spiro atoms. The van der Waals surface area contributed by atoms with Gasteiger partial charge in [0.15, 0.2) is 0 Å². The molecule has 132 valence electrons. The van der Waals surface area contributed by atoms with Gasteiger partial charge in [0.25, 0.3) is 0 Å². The summed E-state index contributed by atoms with van der Waals surface area (Å²) in [5.74, 6) is -0.365. The Hall–Kier alpha value is -1.79. The number of hydrogen-bond donors (Lipinski definition) is 2. The summed E-state index contributed by atoms with van der Waals surface area (Å²) in [6.07, 6.45) is 0.485.